The van der Waals surface area contributed by atoms with E-state index in [1.165, 1.54) is 0 Å². The molecule has 1 N–H and O–H groups in total. The Hall–Kier alpha value is -1.10. The van der Waals surface area contributed by atoms with E-state index in [0.29, 0.717) is 32.6 Å². The van der Waals surface area contributed by atoms with Gasteiger partial charge >= 0.3 is 5.97 Å². The standard InChI is InChI=1S/C10H15NO4/c12-9-2-1-7(5-10(13)14)8-6-15-4-3-11(8)9/h7-8H,1-6H2,(H,13,14). The fraction of sp³-hybridized carbons (Fsp3) is 0.800. The summed E-state index contributed by atoms with van der Waals surface area (Å²) in [6.07, 6.45) is 1.29. The maximum Gasteiger partial charge on any atom is 0.303 e. The molecule has 0 aliphatic carbocycles. The van der Waals surface area contributed by atoms with Crippen LogP contribution < -0.4 is 0 Å². The number of morpholine rings is 1. The van der Waals surface area contributed by atoms with Crippen LogP contribution >= 0.6 is 0 Å². The zero-order chi connectivity index (χ0) is 10.8. The molecular weight excluding hydrogens is 198 g/mol. The first-order chi connectivity index (χ1) is 7.18. The third kappa shape index (κ3) is 2.12. The number of piperidine rings is 1. The third-order valence-electron chi connectivity index (χ3n) is 3.20. The van der Waals surface area contributed by atoms with E-state index >= 15 is 0 Å². The molecule has 0 radical (unpaired) electrons. The van der Waals surface area contributed by atoms with Crippen LogP contribution in [0.4, 0.5) is 0 Å². The van der Waals surface area contributed by atoms with Crippen molar-refractivity contribution in [2.24, 2.45) is 5.92 Å². The second kappa shape index (κ2) is 4.18. The lowest BCUT2D eigenvalue weighted by molar-refractivity contribution is -0.152. The Labute approximate surface area is 88.0 Å². The molecule has 2 aliphatic rings. The zero-order valence-corrected chi connectivity index (χ0v) is 8.52. The first-order valence-electron chi connectivity index (χ1n) is 5.27. The van der Waals surface area contributed by atoms with Crippen LogP contribution in [0, 0.1) is 5.92 Å². The van der Waals surface area contributed by atoms with Crippen LogP contribution in [0.1, 0.15) is 19.3 Å². The molecule has 0 bridgehead atoms. The molecule has 2 heterocycles. The van der Waals surface area contributed by atoms with Crippen molar-refractivity contribution in [2.75, 3.05) is 19.8 Å². The molecule has 2 fully saturated rings. The molecule has 0 aromatic carbocycles. The highest BCUT2D eigenvalue weighted by Crippen LogP contribution is 2.29. The van der Waals surface area contributed by atoms with Gasteiger partial charge in [-0.1, -0.05) is 0 Å². The Balaban J connectivity index is 2.06. The predicted molar refractivity (Wildman–Crippen MR) is 51.3 cm³/mol. The first kappa shape index (κ1) is 10.4. The molecule has 0 saturated carbocycles. The van der Waals surface area contributed by atoms with E-state index in [1.54, 1.807) is 4.90 Å². The molecule has 2 saturated heterocycles. The van der Waals surface area contributed by atoms with Crippen molar-refractivity contribution in [3.05, 3.63) is 0 Å². The van der Waals surface area contributed by atoms with Crippen LogP contribution in [-0.4, -0.2) is 47.7 Å². The molecule has 0 spiro atoms. The minimum atomic E-state index is -0.792. The Morgan fingerprint density at radius 2 is 2.40 bits per heavy atom. The van der Waals surface area contributed by atoms with E-state index in [1.807, 2.05) is 0 Å². The number of fused-ring (bicyclic) bond motifs is 1. The number of hydrogen-bond acceptors (Lipinski definition) is 3. The number of carboxylic acid groups (broad SMARTS) is 1. The topological polar surface area (TPSA) is 66.8 Å². The van der Waals surface area contributed by atoms with Crippen LogP contribution in [0.25, 0.3) is 0 Å². The van der Waals surface area contributed by atoms with Gasteiger partial charge in [0.15, 0.2) is 0 Å². The number of rotatable bonds is 2. The average molecular weight is 213 g/mol. The number of nitrogens with zero attached hydrogens (tertiary/aromatic N) is 1. The Morgan fingerprint density at radius 1 is 1.60 bits per heavy atom. The Bertz CT molecular complexity index is 279. The van der Waals surface area contributed by atoms with Crippen molar-refractivity contribution in [2.45, 2.75) is 25.3 Å². The predicted octanol–water partition coefficient (Wildman–Crippen LogP) is 0.0985. The number of carbonyl (C=O) groups is 2. The second-order valence-corrected chi connectivity index (χ2v) is 4.13. The van der Waals surface area contributed by atoms with Crippen molar-refractivity contribution >= 4 is 11.9 Å². The number of carbonyl (C=O) groups excluding carboxylic acids is 1. The van der Waals surface area contributed by atoms with E-state index in [4.69, 9.17) is 9.84 Å². The van der Waals surface area contributed by atoms with Gasteiger partial charge in [0.25, 0.3) is 0 Å². The zero-order valence-electron chi connectivity index (χ0n) is 8.52. The minimum absolute atomic E-state index is 0.0175. The van der Waals surface area contributed by atoms with Gasteiger partial charge in [-0.25, -0.2) is 0 Å². The van der Waals surface area contributed by atoms with Crippen molar-refractivity contribution in [1.82, 2.24) is 4.90 Å². The van der Waals surface area contributed by atoms with Crippen LogP contribution in [0.3, 0.4) is 0 Å². The molecule has 2 aliphatic heterocycles. The highest BCUT2D eigenvalue weighted by atomic mass is 16.5. The largest absolute Gasteiger partial charge is 0.481 e. The van der Waals surface area contributed by atoms with Crippen LogP contribution in [-0.2, 0) is 14.3 Å². The third-order valence-corrected chi connectivity index (χ3v) is 3.20. The summed E-state index contributed by atoms with van der Waals surface area (Å²) in [5.41, 5.74) is 0. The summed E-state index contributed by atoms with van der Waals surface area (Å²) in [6, 6.07) is -0.0175. The smallest absolute Gasteiger partial charge is 0.303 e. The SMILES string of the molecule is O=C(O)CC1CCC(=O)N2CCOCC12. The monoisotopic (exact) mass is 213 g/mol. The molecule has 2 atom stereocenters. The van der Waals surface area contributed by atoms with Crippen molar-refractivity contribution in [3.63, 3.8) is 0 Å². The molecule has 2 unspecified atom stereocenters. The number of ether oxygens (including phenoxy) is 1. The highest BCUT2D eigenvalue weighted by molar-refractivity contribution is 5.78. The Morgan fingerprint density at radius 3 is 3.13 bits per heavy atom. The summed E-state index contributed by atoms with van der Waals surface area (Å²) in [5.74, 6) is -0.592. The molecule has 0 aromatic heterocycles. The van der Waals surface area contributed by atoms with Gasteiger partial charge in [-0.05, 0) is 12.3 Å². The van der Waals surface area contributed by atoms with E-state index < -0.39 is 5.97 Å². The molecular formula is C10H15NO4. The summed E-state index contributed by atoms with van der Waals surface area (Å²) >= 11 is 0. The summed E-state index contributed by atoms with van der Waals surface area (Å²) in [7, 11) is 0. The van der Waals surface area contributed by atoms with Gasteiger partial charge in [-0.2, -0.15) is 0 Å². The summed E-state index contributed by atoms with van der Waals surface area (Å²) in [6.45, 7) is 1.67. The molecule has 15 heavy (non-hydrogen) atoms. The maximum atomic E-state index is 11.6. The normalized spacial score (nSPS) is 31.2. The van der Waals surface area contributed by atoms with Gasteiger partial charge in [0, 0.05) is 13.0 Å². The summed E-state index contributed by atoms with van der Waals surface area (Å²) in [4.78, 5) is 24.1. The minimum Gasteiger partial charge on any atom is -0.481 e. The molecule has 84 valence electrons. The molecule has 1 amide bonds. The summed E-state index contributed by atoms with van der Waals surface area (Å²) in [5, 5.41) is 8.78. The lowest BCUT2D eigenvalue weighted by atomic mass is 9.86. The van der Waals surface area contributed by atoms with Gasteiger partial charge < -0.3 is 14.7 Å². The van der Waals surface area contributed by atoms with Crippen LogP contribution in [0.5, 0.6) is 0 Å². The van der Waals surface area contributed by atoms with Gasteiger partial charge in [-0.3, -0.25) is 9.59 Å². The molecule has 2 rings (SSSR count). The fourth-order valence-corrected chi connectivity index (χ4v) is 2.43. The lowest BCUT2D eigenvalue weighted by Crippen LogP contribution is -2.55. The molecule has 5 nitrogen and oxygen atoms in total. The number of aliphatic carboxylic acids is 1. The van der Waals surface area contributed by atoms with Gasteiger partial charge in [0.2, 0.25) is 5.91 Å². The number of carboxylic acids is 1. The quantitative estimate of drug-likeness (QED) is 0.706. The van der Waals surface area contributed by atoms with Crippen LogP contribution in [0.2, 0.25) is 0 Å². The first-order valence-corrected chi connectivity index (χ1v) is 5.27. The lowest BCUT2D eigenvalue weighted by Gasteiger charge is -2.43. The van der Waals surface area contributed by atoms with E-state index in [9.17, 15) is 9.59 Å². The van der Waals surface area contributed by atoms with Crippen molar-refractivity contribution < 1.29 is 19.4 Å². The fourth-order valence-electron chi connectivity index (χ4n) is 2.43. The van der Waals surface area contributed by atoms with E-state index in [0.717, 1.165) is 0 Å². The van der Waals surface area contributed by atoms with Crippen LogP contribution in [0.15, 0.2) is 0 Å². The summed E-state index contributed by atoms with van der Waals surface area (Å²) < 4.78 is 5.31. The van der Waals surface area contributed by atoms with Crippen molar-refractivity contribution in [3.8, 4) is 0 Å². The molecule has 0 aromatic rings. The Kier molecular flexibility index (Phi) is 2.90. The van der Waals surface area contributed by atoms with Crippen molar-refractivity contribution in [1.29, 1.82) is 0 Å². The van der Waals surface area contributed by atoms with Gasteiger partial charge in [0.1, 0.15) is 0 Å². The second-order valence-electron chi connectivity index (χ2n) is 4.13. The number of amides is 1. The molecule has 5 heteroatoms. The van der Waals surface area contributed by atoms with E-state index in [-0.39, 0.29) is 24.3 Å². The van der Waals surface area contributed by atoms with E-state index in [2.05, 4.69) is 0 Å². The number of hydrogen-bond donors (Lipinski definition) is 1. The average Bonchev–Trinajstić information content (AvgIpc) is 2.22. The van der Waals surface area contributed by atoms with Gasteiger partial charge in [0.05, 0.1) is 25.7 Å². The maximum absolute atomic E-state index is 11.6. The van der Waals surface area contributed by atoms with Gasteiger partial charge in [-0.15, -0.1) is 0 Å². The highest BCUT2D eigenvalue weighted by Gasteiger charge is 2.38.